The predicted octanol–water partition coefficient (Wildman–Crippen LogP) is 4.26. The van der Waals surface area contributed by atoms with Crippen molar-refractivity contribution in [2.24, 2.45) is 0 Å². The fraction of sp³-hybridized carbons (Fsp3) is 0.182. The van der Waals surface area contributed by atoms with Crippen molar-refractivity contribution in [2.45, 2.75) is 13.3 Å². The number of hydrogen-bond donors (Lipinski definition) is 0. The molecule has 3 heteroatoms. The molecule has 0 N–H and O–H groups in total. The largest absolute Gasteiger partial charge is 0.294 e. The van der Waals surface area contributed by atoms with Crippen LogP contribution in [0.3, 0.4) is 0 Å². The van der Waals surface area contributed by atoms with Gasteiger partial charge < -0.3 is 0 Å². The first-order chi connectivity index (χ1) is 6.72. The molecule has 0 aliphatic carbocycles. The minimum absolute atomic E-state index is 0.217. The number of benzene rings is 1. The second-order valence-corrected chi connectivity index (χ2v) is 4.89. The molecule has 0 atom stereocenters. The lowest BCUT2D eigenvalue weighted by Crippen LogP contribution is -1.93. The van der Waals surface area contributed by atoms with E-state index in [4.69, 9.17) is 0 Å². The Kier molecular flexibility index (Phi) is 2.70. The number of fused-ring (bicyclic) bond motifs is 1. The van der Waals surface area contributed by atoms with Crippen LogP contribution in [0.5, 0.6) is 0 Å². The monoisotopic (exact) mass is 268 g/mol. The van der Waals surface area contributed by atoms with Crippen molar-refractivity contribution < 1.29 is 4.79 Å². The van der Waals surface area contributed by atoms with E-state index < -0.39 is 0 Å². The molecule has 1 aromatic heterocycles. The summed E-state index contributed by atoms with van der Waals surface area (Å²) in [6, 6.07) is 6.05. The number of Topliss-reactive ketones (excluding diaryl/α,β-unsaturated/α-hetero) is 1. The number of hydrogen-bond acceptors (Lipinski definition) is 2. The molecule has 0 radical (unpaired) electrons. The number of halogens is 1. The third-order valence-electron chi connectivity index (χ3n) is 2.16. The molecular weight excluding hydrogens is 260 g/mol. The van der Waals surface area contributed by atoms with Crippen LogP contribution in [0.1, 0.15) is 23.7 Å². The summed E-state index contributed by atoms with van der Waals surface area (Å²) in [5.41, 5.74) is 0.855. The zero-order valence-corrected chi connectivity index (χ0v) is 10.1. The van der Waals surface area contributed by atoms with E-state index >= 15 is 0 Å². The van der Waals surface area contributed by atoms with E-state index in [1.807, 2.05) is 30.5 Å². The van der Waals surface area contributed by atoms with E-state index in [1.54, 1.807) is 11.3 Å². The van der Waals surface area contributed by atoms with Crippen LogP contribution in [0.4, 0.5) is 0 Å². The maximum atomic E-state index is 11.6. The van der Waals surface area contributed by atoms with E-state index in [-0.39, 0.29) is 5.78 Å². The third-order valence-corrected chi connectivity index (χ3v) is 3.61. The van der Waals surface area contributed by atoms with Gasteiger partial charge in [0, 0.05) is 31.9 Å². The lowest BCUT2D eigenvalue weighted by molar-refractivity contribution is 0.0990. The Morgan fingerprint density at radius 1 is 1.50 bits per heavy atom. The van der Waals surface area contributed by atoms with Crippen LogP contribution in [0.15, 0.2) is 28.1 Å². The number of carbonyl (C=O) groups is 1. The Balaban J connectivity index is 2.67. The lowest BCUT2D eigenvalue weighted by atomic mass is 10.1. The van der Waals surface area contributed by atoms with E-state index in [1.165, 1.54) is 4.70 Å². The van der Waals surface area contributed by atoms with Crippen LogP contribution in [0.2, 0.25) is 0 Å². The van der Waals surface area contributed by atoms with Gasteiger partial charge in [-0.25, -0.2) is 0 Å². The van der Waals surface area contributed by atoms with Gasteiger partial charge in [-0.15, -0.1) is 11.3 Å². The highest BCUT2D eigenvalue weighted by atomic mass is 79.9. The summed E-state index contributed by atoms with van der Waals surface area (Å²) < 4.78 is 2.19. The fourth-order valence-electron chi connectivity index (χ4n) is 1.41. The molecule has 2 aromatic rings. The van der Waals surface area contributed by atoms with Crippen LogP contribution in [-0.2, 0) is 0 Å². The van der Waals surface area contributed by atoms with Crippen LogP contribution in [0, 0.1) is 0 Å². The molecule has 0 saturated heterocycles. The summed E-state index contributed by atoms with van der Waals surface area (Å²) in [4.78, 5) is 11.6. The maximum absolute atomic E-state index is 11.6. The van der Waals surface area contributed by atoms with Gasteiger partial charge in [0.2, 0.25) is 0 Å². The van der Waals surface area contributed by atoms with E-state index in [0.717, 1.165) is 15.4 Å². The smallest absolute Gasteiger partial charge is 0.164 e. The van der Waals surface area contributed by atoms with Crippen molar-refractivity contribution in [3.8, 4) is 0 Å². The molecule has 0 amide bonds. The molecule has 14 heavy (non-hydrogen) atoms. The molecule has 1 heterocycles. The summed E-state index contributed by atoms with van der Waals surface area (Å²) in [5.74, 6) is 0.217. The standard InChI is InChI=1S/C11H9BrOS/c1-2-10(13)9-6-14-11-4-3-7(12)5-8(9)11/h3-6H,2H2,1H3. The summed E-state index contributed by atoms with van der Waals surface area (Å²) in [5, 5.41) is 3.01. The average Bonchev–Trinajstić information content (AvgIpc) is 2.59. The molecule has 1 nitrogen and oxygen atoms in total. The Hall–Kier alpha value is -0.670. The van der Waals surface area contributed by atoms with Crippen molar-refractivity contribution in [1.29, 1.82) is 0 Å². The highest BCUT2D eigenvalue weighted by Crippen LogP contribution is 2.29. The van der Waals surface area contributed by atoms with Gasteiger partial charge in [0.05, 0.1) is 0 Å². The quantitative estimate of drug-likeness (QED) is 0.744. The summed E-state index contributed by atoms with van der Waals surface area (Å²) >= 11 is 5.04. The Bertz CT molecular complexity index is 487. The minimum Gasteiger partial charge on any atom is -0.294 e. The first kappa shape index (κ1) is 9.87. The molecular formula is C11H9BrOS. The number of rotatable bonds is 2. The highest BCUT2D eigenvalue weighted by molar-refractivity contribution is 9.10. The van der Waals surface area contributed by atoms with Crippen LogP contribution < -0.4 is 0 Å². The zero-order valence-electron chi connectivity index (χ0n) is 7.71. The number of thiophene rings is 1. The van der Waals surface area contributed by atoms with Gasteiger partial charge in [0.15, 0.2) is 5.78 Å². The second-order valence-electron chi connectivity index (χ2n) is 3.07. The van der Waals surface area contributed by atoms with Gasteiger partial charge in [-0.3, -0.25) is 4.79 Å². The van der Waals surface area contributed by atoms with Crippen molar-refractivity contribution >= 4 is 43.1 Å². The van der Waals surface area contributed by atoms with Crippen LogP contribution in [-0.4, -0.2) is 5.78 Å². The molecule has 0 aliphatic heterocycles. The first-order valence-electron chi connectivity index (χ1n) is 4.42. The third kappa shape index (κ3) is 1.62. The Morgan fingerprint density at radius 3 is 3.00 bits per heavy atom. The van der Waals surface area contributed by atoms with E-state index in [0.29, 0.717) is 6.42 Å². The van der Waals surface area contributed by atoms with Crippen LogP contribution in [0.25, 0.3) is 10.1 Å². The van der Waals surface area contributed by atoms with Crippen LogP contribution >= 0.6 is 27.3 Å². The normalized spacial score (nSPS) is 10.7. The summed E-state index contributed by atoms with van der Waals surface area (Å²) in [6.07, 6.45) is 0.568. The van der Waals surface area contributed by atoms with Gasteiger partial charge >= 0.3 is 0 Å². The topological polar surface area (TPSA) is 17.1 Å². The number of carbonyl (C=O) groups excluding carboxylic acids is 1. The molecule has 0 bridgehead atoms. The molecule has 0 spiro atoms. The average molecular weight is 269 g/mol. The van der Waals surface area contributed by atoms with Crippen molar-refractivity contribution in [3.63, 3.8) is 0 Å². The number of ketones is 1. The maximum Gasteiger partial charge on any atom is 0.164 e. The molecule has 1 aromatic carbocycles. The van der Waals surface area contributed by atoms with E-state index in [9.17, 15) is 4.79 Å². The van der Waals surface area contributed by atoms with Crippen molar-refractivity contribution in [3.05, 3.63) is 33.6 Å². The molecule has 0 fully saturated rings. The zero-order chi connectivity index (χ0) is 10.1. The molecule has 0 aliphatic rings. The molecule has 72 valence electrons. The molecule has 2 rings (SSSR count). The first-order valence-corrected chi connectivity index (χ1v) is 6.09. The lowest BCUT2D eigenvalue weighted by Gasteiger charge is -1.96. The van der Waals surface area contributed by atoms with Gasteiger partial charge in [-0.1, -0.05) is 22.9 Å². The fourth-order valence-corrected chi connectivity index (χ4v) is 2.71. The minimum atomic E-state index is 0.217. The van der Waals surface area contributed by atoms with Gasteiger partial charge in [-0.2, -0.15) is 0 Å². The SMILES string of the molecule is CCC(=O)c1csc2ccc(Br)cc12. The van der Waals surface area contributed by atoms with Gasteiger partial charge in [-0.05, 0) is 18.2 Å². The molecule has 0 unspecified atom stereocenters. The van der Waals surface area contributed by atoms with Gasteiger partial charge in [0.25, 0.3) is 0 Å². The highest BCUT2D eigenvalue weighted by Gasteiger charge is 2.10. The Labute approximate surface area is 94.9 Å². The van der Waals surface area contributed by atoms with Gasteiger partial charge in [0.1, 0.15) is 0 Å². The predicted molar refractivity (Wildman–Crippen MR) is 64.1 cm³/mol. The van der Waals surface area contributed by atoms with Crippen molar-refractivity contribution in [2.75, 3.05) is 0 Å². The second kappa shape index (κ2) is 3.83. The van der Waals surface area contributed by atoms with E-state index in [2.05, 4.69) is 15.9 Å². The Morgan fingerprint density at radius 2 is 2.29 bits per heavy atom. The molecule has 0 saturated carbocycles. The van der Waals surface area contributed by atoms with Crippen molar-refractivity contribution in [1.82, 2.24) is 0 Å². The summed E-state index contributed by atoms with van der Waals surface area (Å²) in [7, 11) is 0. The summed E-state index contributed by atoms with van der Waals surface area (Å²) in [6.45, 7) is 1.89.